The zero-order chi connectivity index (χ0) is 11.1. The highest BCUT2D eigenvalue weighted by Crippen LogP contribution is 2.30. The third kappa shape index (κ3) is 1.24. The van der Waals surface area contributed by atoms with Crippen LogP contribution in [-0.2, 0) is 0 Å². The van der Waals surface area contributed by atoms with Gasteiger partial charge in [-0.2, -0.15) is 0 Å². The van der Waals surface area contributed by atoms with Gasteiger partial charge in [-0.3, -0.25) is 4.57 Å². The molecule has 5 heteroatoms. The summed E-state index contributed by atoms with van der Waals surface area (Å²) in [6, 6.07) is 2.17. The lowest BCUT2D eigenvalue weighted by molar-refractivity contribution is 0.518. The monoisotopic (exact) mass is 218 g/mol. The second-order valence-electron chi connectivity index (χ2n) is 4.33. The number of nitrogens with one attached hydrogen (secondary N) is 1. The lowest BCUT2D eigenvalue weighted by Crippen LogP contribution is -2.20. The summed E-state index contributed by atoms with van der Waals surface area (Å²) in [6.45, 7) is 0. The molecule has 0 radical (unpaired) electrons. The molecule has 3 rings (SSSR count). The molecule has 3 N–H and O–H groups in total. The molecule has 0 aromatic carbocycles. The number of aromatic nitrogens is 3. The maximum absolute atomic E-state index is 11.9. The van der Waals surface area contributed by atoms with E-state index in [9.17, 15) is 4.79 Å². The van der Waals surface area contributed by atoms with Crippen molar-refractivity contribution >= 4 is 16.9 Å². The van der Waals surface area contributed by atoms with E-state index < -0.39 is 0 Å². The maximum atomic E-state index is 11.9. The van der Waals surface area contributed by atoms with Gasteiger partial charge in [-0.1, -0.05) is 12.8 Å². The van der Waals surface area contributed by atoms with Crippen LogP contribution in [0.4, 0.5) is 5.82 Å². The first kappa shape index (κ1) is 9.45. The zero-order valence-corrected chi connectivity index (χ0v) is 8.94. The van der Waals surface area contributed by atoms with Crippen molar-refractivity contribution in [2.24, 2.45) is 0 Å². The Labute approximate surface area is 92.3 Å². The van der Waals surface area contributed by atoms with Gasteiger partial charge in [-0.05, 0) is 18.9 Å². The first-order valence-electron chi connectivity index (χ1n) is 5.62. The third-order valence-electron chi connectivity index (χ3n) is 3.36. The van der Waals surface area contributed by atoms with Gasteiger partial charge in [0.15, 0.2) is 0 Å². The number of nitrogens with zero attached hydrogens (tertiary/aromatic N) is 2. The Balaban J connectivity index is 2.27. The Hall–Kier alpha value is -1.78. The van der Waals surface area contributed by atoms with Crippen LogP contribution in [0.2, 0.25) is 0 Å². The number of hydrogen-bond acceptors (Lipinski definition) is 3. The van der Waals surface area contributed by atoms with Gasteiger partial charge in [0.2, 0.25) is 0 Å². The predicted molar refractivity (Wildman–Crippen MR) is 62.3 cm³/mol. The standard InChI is InChI=1S/C11H14N4O/c12-10-9-8(5-6-13-10)15(11(16)14-9)7-3-1-2-4-7/h5-7H,1-4H2,(H2,12,13)(H,14,16). The summed E-state index contributed by atoms with van der Waals surface area (Å²) in [7, 11) is 0. The zero-order valence-electron chi connectivity index (χ0n) is 8.94. The molecule has 0 aliphatic heterocycles. The molecule has 84 valence electrons. The Morgan fingerprint density at radius 2 is 2.19 bits per heavy atom. The summed E-state index contributed by atoms with van der Waals surface area (Å²) in [4.78, 5) is 18.7. The van der Waals surface area contributed by atoms with Crippen LogP contribution in [0.15, 0.2) is 17.1 Å². The molecule has 0 bridgehead atoms. The first-order valence-corrected chi connectivity index (χ1v) is 5.62. The number of anilines is 1. The van der Waals surface area contributed by atoms with Crippen molar-refractivity contribution in [1.82, 2.24) is 14.5 Å². The van der Waals surface area contributed by atoms with E-state index in [1.54, 1.807) is 6.20 Å². The number of nitrogens with two attached hydrogens (primary N) is 1. The van der Waals surface area contributed by atoms with Gasteiger partial charge in [0.25, 0.3) is 0 Å². The minimum absolute atomic E-state index is 0.0680. The van der Waals surface area contributed by atoms with Gasteiger partial charge in [-0.15, -0.1) is 0 Å². The lowest BCUT2D eigenvalue weighted by Gasteiger charge is -2.10. The topological polar surface area (TPSA) is 76.7 Å². The van der Waals surface area contributed by atoms with Crippen molar-refractivity contribution in [3.05, 3.63) is 22.7 Å². The lowest BCUT2D eigenvalue weighted by atomic mass is 10.2. The fourth-order valence-corrected chi connectivity index (χ4v) is 2.60. The van der Waals surface area contributed by atoms with Crippen LogP contribution in [0.25, 0.3) is 11.0 Å². The van der Waals surface area contributed by atoms with E-state index in [1.807, 2.05) is 10.6 Å². The number of rotatable bonds is 1. The molecule has 2 aromatic heterocycles. The van der Waals surface area contributed by atoms with E-state index in [2.05, 4.69) is 9.97 Å². The smallest absolute Gasteiger partial charge is 0.326 e. The summed E-state index contributed by atoms with van der Waals surface area (Å²) >= 11 is 0. The highest BCUT2D eigenvalue weighted by molar-refractivity contribution is 5.84. The van der Waals surface area contributed by atoms with E-state index in [4.69, 9.17) is 5.73 Å². The van der Waals surface area contributed by atoms with Crippen LogP contribution >= 0.6 is 0 Å². The second-order valence-corrected chi connectivity index (χ2v) is 4.33. The van der Waals surface area contributed by atoms with Crippen molar-refractivity contribution in [2.45, 2.75) is 31.7 Å². The molecule has 0 unspecified atom stereocenters. The molecule has 1 aliphatic carbocycles. The van der Waals surface area contributed by atoms with Crippen molar-refractivity contribution in [3.8, 4) is 0 Å². The molecule has 1 fully saturated rings. The summed E-state index contributed by atoms with van der Waals surface area (Å²) in [5, 5.41) is 0. The average molecular weight is 218 g/mol. The average Bonchev–Trinajstić information content (AvgIpc) is 2.85. The highest BCUT2D eigenvalue weighted by atomic mass is 16.1. The van der Waals surface area contributed by atoms with E-state index in [0.717, 1.165) is 18.4 Å². The van der Waals surface area contributed by atoms with Crippen LogP contribution in [0.3, 0.4) is 0 Å². The summed E-state index contributed by atoms with van der Waals surface area (Å²) in [5.41, 5.74) is 7.22. The largest absolute Gasteiger partial charge is 0.382 e. The number of H-pyrrole nitrogens is 1. The second kappa shape index (κ2) is 3.37. The number of hydrogen-bond donors (Lipinski definition) is 2. The number of fused-ring (bicyclic) bond motifs is 1. The Morgan fingerprint density at radius 1 is 1.44 bits per heavy atom. The third-order valence-corrected chi connectivity index (χ3v) is 3.36. The Morgan fingerprint density at radius 3 is 2.94 bits per heavy atom. The molecule has 0 saturated heterocycles. The molecule has 5 nitrogen and oxygen atoms in total. The van der Waals surface area contributed by atoms with Gasteiger partial charge in [0.1, 0.15) is 11.3 Å². The normalized spacial score (nSPS) is 17.2. The molecule has 2 aromatic rings. The molecule has 0 atom stereocenters. The fourth-order valence-electron chi connectivity index (χ4n) is 2.60. The van der Waals surface area contributed by atoms with Gasteiger partial charge >= 0.3 is 5.69 Å². The van der Waals surface area contributed by atoms with E-state index in [-0.39, 0.29) is 5.69 Å². The molecule has 2 heterocycles. The molecule has 16 heavy (non-hydrogen) atoms. The number of aromatic amines is 1. The minimum Gasteiger partial charge on any atom is -0.382 e. The fraction of sp³-hybridized carbons (Fsp3) is 0.455. The van der Waals surface area contributed by atoms with Crippen LogP contribution in [-0.4, -0.2) is 14.5 Å². The highest BCUT2D eigenvalue weighted by Gasteiger charge is 2.21. The van der Waals surface area contributed by atoms with Crippen LogP contribution in [0.1, 0.15) is 31.7 Å². The summed E-state index contributed by atoms with van der Waals surface area (Å²) in [5.74, 6) is 0.395. The molecule has 0 amide bonds. The van der Waals surface area contributed by atoms with Gasteiger partial charge in [0, 0.05) is 12.2 Å². The Bertz CT molecular complexity index is 577. The van der Waals surface area contributed by atoms with Crippen molar-refractivity contribution in [3.63, 3.8) is 0 Å². The van der Waals surface area contributed by atoms with Gasteiger partial charge < -0.3 is 10.7 Å². The Kier molecular flexibility index (Phi) is 1.99. The number of pyridine rings is 1. The van der Waals surface area contributed by atoms with Crippen LogP contribution in [0, 0.1) is 0 Å². The van der Waals surface area contributed by atoms with Crippen LogP contribution in [0.5, 0.6) is 0 Å². The molecular weight excluding hydrogens is 204 g/mol. The maximum Gasteiger partial charge on any atom is 0.326 e. The van der Waals surface area contributed by atoms with E-state index in [0.29, 0.717) is 17.4 Å². The quantitative estimate of drug-likeness (QED) is 0.760. The van der Waals surface area contributed by atoms with Crippen LogP contribution < -0.4 is 11.4 Å². The van der Waals surface area contributed by atoms with Gasteiger partial charge in [-0.25, -0.2) is 9.78 Å². The van der Waals surface area contributed by atoms with Crippen molar-refractivity contribution < 1.29 is 0 Å². The minimum atomic E-state index is -0.0680. The van der Waals surface area contributed by atoms with Crippen molar-refractivity contribution in [2.75, 3.05) is 5.73 Å². The van der Waals surface area contributed by atoms with E-state index >= 15 is 0 Å². The molecule has 1 saturated carbocycles. The van der Waals surface area contributed by atoms with Crippen molar-refractivity contribution in [1.29, 1.82) is 0 Å². The number of nitrogen functional groups attached to an aromatic ring is 1. The molecule has 1 aliphatic rings. The summed E-state index contributed by atoms with van der Waals surface area (Å²) < 4.78 is 1.83. The number of imidazole rings is 1. The first-order chi connectivity index (χ1) is 7.77. The summed E-state index contributed by atoms with van der Waals surface area (Å²) in [6.07, 6.45) is 6.20. The van der Waals surface area contributed by atoms with E-state index in [1.165, 1.54) is 12.8 Å². The molecular formula is C11H14N4O. The SMILES string of the molecule is Nc1nccc2c1[nH]c(=O)n2C1CCCC1. The van der Waals surface area contributed by atoms with Gasteiger partial charge in [0.05, 0.1) is 5.52 Å². The predicted octanol–water partition coefficient (Wildman–Crippen LogP) is 1.42. The molecule has 0 spiro atoms.